The van der Waals surface area contributed by atoms with E-state index < -0.39 is 16.0 Å². The second-order valence-corrected chi connectivity index (χ2v) is 8.24. The summed E-state index contributed by atoms with van der Waals surface area (Å²) in [6.45, 7) is 1.54. The molecule has 8 nitrogen and oxygen atoms in total. The number of aromatic nitrogens is 1. The second kappa shape index (κ2) is 9.18. The number of nitrogens with one attached hydrogen (secondary N) is 2. The zero-order chi connectivity index (χ0) is 19.2. The Morgan fingerprint density at radius 1 is 1.23 bits per heavy atom. The Labute approximate surface area is 154 Å². The van der Waals surface area contributed by atoms with Crippen molar-refractivity contribution in [3.05, 3.63) is 18.0 Å². The van der Waals surface area contributed by atoms with Crippen LogP contribution in [0.25, 0.3) is 0 Å². The largest absolute Gasteiger partial charge is 0.461 e. The van der Waals surface area contributed by atoms with Crippen LogP contribution < -0.4 is 10.0 Å². The summed E-state index contributed by atoms with van der Waals surface area (Å²) in [6, 6.07) is 1.35. The van der Waals surface area contributed by atoms with Crippen LogP contribution in [0.2, 0.25) is 0 Å². The van der Waals surface area contributed by atoms with Gasteiger partial charge in [-0.2, -0.15) is 0 Å². The highest BCUT2D eigenvalue weighted by atomic mass is 32.2. The van der Waals surface area contributed by atoms with Gasteiger partial charge in [0.15, 0.2) is 0 Å². The Hall–Kier alpha value is -1.87. The first-order valence-electron chi connectivity index (χ1n) is 8.96. The normalized spacial score (nSPS) is 16.1. The molecule has 1 aliphatic rings. The lowest BCUT2D eigenvalue weighted by molar-refractivity contribution is -0.120. The van der Waals surface area contributed by atoms with Crippen molar-refractivity contribution in [1.82, 2.24) is 14.6 Å². The third kappa shape index (κ3) is 5.57. The van der Waals surface area contributed by atoms with E-state index in [0.717, 1.165) is 25.7 Å². The van der Waals surface area contributed by atoms with Crippen molar-refractivity contribution in [1.29, 1.82) is 0 Å². The summed E-state index contributed by atoms with van der Waals surface area (Å²) in [6.07, 6.45) is 7.69. The fourth-order valence-corrected chi connectivity index (χ4v) is 4.09. The predicted octanol–water partition coefficient (Wildman–Crippen LogP) is 1.32. The van der Waals surface area contributed by atoms with Gasteiger partial charge in [0.2, 0.25) is 15.9 Å². The molecule has 0 bridgehead atoms. The smallest absolute Gasteiger partial charge is 0.354 e. The standard InChI is InChI=1S/C17H27N3O5S/c1-3-25-17(22)15-10-14(12-20(15)2)26(23,24)18-11-16(21)19-13-8-6-4-5-7-9-13/h10,12-13,18H,3-9,11H2,1-2H3,(H,19,21). The third-order valence-electron chi connectivity index (χ3n) is 4.42. The highest BCUT2D eigenvalue weighted by molar-refractivity contribution is 7.89. The highest BCUT2D eigenvalue weighted by Gasteiger charge is 2.22. The summed E-state index contributed by atoms with van der Waals surface area (Å²) in [7, 11) is -2.33. The van der Waals surface area contributed by atoms with Crippen LogP contribution in [0.5, 0.6) is 0 Å². The number of ether oxygens (including phenoxy) is 1. The van der Waals surface area contributed by atoms with E-state index in [0.29, 0.717) is 0 Å². The molecule has 0 atom stereocenters. The zero-order valence-electron chi connectivity index (χ0n) is 15.3. The van der Waals surface area contributed by atoms with E-state index in [-0.39, 0.29) is 35.7 Å². The van der Waals surface area contributed by atoms with Gasteiger partial charge < -0.3 is 14.6 Å². The highest BCUT2D eigenvalue weighted by Crippen LogP contribution is 2.17. The molecule has 0 saturated heterocycles. The molecule has 1 fully saturated rings. The SMILES string of the molecule is CCOC(=O)c1cc(S(=O)(=O)NCC(=O)NC2CCCCCC2)cn1C. The summed E-state index contributed by atoms with van der Waals surface area (Å²) in [5.74, 6) is -0.940. The van der Waals surface area contributed by atoms with E-state index in [1.807, 2.05) is 0 Å². The van der Waals surface area contributed by atoms with E-state index >= 15 is 0 Å². The molecule has 26 heavy (non-hydrogen) atoms. The van der Waals surface area contributed by atoms with Crippen LogP contribution in [0.15, 0.2) is 17.2 Å². The van der Waals surface area contributed by atoms with Gasteiger partial charge in [0, 0.05) is 19.3 Å². The van der Waals surface area contributed by atoms with Gasteiger partial charge in [-0.1, -0.05) is 25.7 Å². The van der Waals surface area contributed by atoms with Crippen LogP contribution in [-0.4, -0.2) is 44.1 Å². The quantitative estimate of drug-likeness (QED) is 0.544. The number of carbonyl (C=O) groups excluding carboxylic acids is 2. The molecule has 2 rings (SSSR count). The first-order chi connectivity index (χ1) is 12.3. The number of esters is 1. The summed E-state index contributed by atoms with van der Waals surface area (Å²) >= 11 is 0. The molecule has 1 aliphatic carbocycles. The lowest BCUT2D eigenvalue weighted by Gasteiger charge is -2.16. The van der Waals surface area contributed by atoms with Gasteiger partial charge in [-0.15, -0.1) is 0 Å². The molecule has 1 heterocycles. The molecule has 2 N–H and O–H groups in total. The molecule has 0 radical (unpaired) electrons. The van der Waals surface area contributed by atoms with Gasteiger partial charge in [0.05, 0.1) is 13.2 Å². The van der Waals surface area contributed by atoms with Gasteiger partial charge in [-0.3, -0.25) is 4.79 Å². The molecule has 146 valence electrons. The number of hydrogen-bond donors (Lipinski definition) is 2. The molecule has 9 heteroatoms. The van der Waals surface area contributed by atoms with Crippen molar-refractivity contribution in [3.63, 3.8) is 0 Å². The molecule has 1 saturated carbocycles. The van der Waals surface area contributed by atoms with Gasteiger partial charge in [0.25, 0.3) is 0 Å². The lowest BCUT2D eigenvalue weighted by atomic mass is 10.1. The van der Waals surface area contributed by atoms with E-state index in [1.54, 1.807) is 14.0 Å². The Morgan fingerprint density at radius 3 is 2.50 bits per heavy atom. The number of nitrogens with zero attached hydrogens (tertiary/aromatic N) is 1. The minimum atomic E-state index is -3.89. The first kappa shape index (κ1) is 20.4. The molecule has 0 spiro atoms. The fourth-order valence-electron chi connectivity index (χ4n) is 3.04. The van der Waals surface area contributed by atoms with Crippen molar-refractivity contribution in [3.8, 4) is 0 Å². The lowest BCUT2D eigenvalue weighted by Crippen LogP contribution is -2.41. The number of sulfonamides is 1. The van der Waals surface area contributed by atoms with E-state index in [9.17, 15) is 18.0 Å². The van der Waals surface area contributed by atoms with Crippen LogP contribution in [0.4, 0.5) is 0 Å². The molecule has 1 aromatic heterocycles. The number of carbonyl (C=O) groups is 2. The van der Waals surface area contributed by atoms with Crippen molar-refractivity contribution < 1.29 is 22.7 Å². The van der Waals surface area contributed by atoms with Gasteiger partial charge in [-0.25, -0.2) is 17.9 Å². The van der Waals surface area contributed by atoms with E-state index in [4.69, 9.17) is 4.74 Å². The molecular formula is C17H27N3O5S. The van der Waals surface area contributed by atoms with Crippen molar-refractivity contribution in [2.24, 2.45) is 7.05 Å². The Balaban J connectivity index is 1.94. The number of hydrogen-bond acceptors (Lipinski definition) is 5. The number of amides is 1. The Bertz CT molecular complexity index is 734. The first-order valence-corrected chi connectivity index (χ1v) is 10.4. The van der Waals surface area contributed by atoms with E-state index in [2.05, 4.69) is 10.0 Å². The topological polar surface area (TPSA) is 106 Å². The molecule has 0 unspecified atom stereocenters. The molecular weight excluding hydrogens is 358 g/mol. The molecule has 0 aromatic carbocycles. The van der Waals surface area contributed by atoms with Crippen molar-refractivity contribution >= 4 is 21.9 Å². The second-order valence-electron chi connectivity index (χ2n) is 6.47. The molecule has 1 amide bonds. The number of rotatable bonds is 7. The van der Waals surface area contributed by atoms with Crippen molar-refractivity contribution in [2.75, 3.05) is 13.2 Å². The maximum absolute atomic E-state index is 12.4. The summed E-state index contributed by atoms with van der Waals surface area (Å²) in [4.78, 5) is 23.8. The van der Waals surface area contributed by atoms with Crippen LogP contribution in [-0.2, 0) is 26.6 Å². The van der Waals surface area contributed by atoms with Gasteiger partial charge in [0.1, 0.15) is 10.6 Å². The average molecular weight is 385 g/mol. The van der Waals surface area contributed by atoms with Crippen LogP contribution in [0, 0.1) is 0 Å². The fraction of sp³-hybridized carbons (Fsp3) is 0.647. The maximum Gasteiger partial charge on any atom is 0.354 e. The predicted molar refractivity (Wildman–Crippen MR) is 96.2 cm³/mol. The minimum Gasteiger partial charge on any atom is -0.461 e. The summed E-state index contributed by atoms with van der Waals surface area (Å²) in [5.41, 5.74) is 0.134. The molecule has 1 aromatic rings. The van der Waals surface area contributed by atoms with Gasteiger partial charge in [-0.05, 0) is 25.8 Å². The Kier molecular flexibility index (Phi) is 7.22. The summed E-state index contributed by atoms with van der Waals surface area (Å²) < 4.78 is 33.3. The average Bonchev–Trinajstić information content (AvgIpc) is 2.81. The maximum atomic E-state index is 12.4. The summed E-state index contributed by atoms with van der Waals surface area (Å²) in [5, 5.41) is 2.89. The molecule has 0 aliphatic heterocycles. The van der Waals surface area contributed by atoms with Gasteiger partial charge >= 0.3 is 5.97 Å². The third-order valence-corrected chi connectivity index (χ3v) is 5.79. The van der Waals surface area contributed by atoms with Crippen LogP contribution in [0.3, 0.4) is 0 Å². The monoisotopic (exact) mass is 385 g/mol. The Morgan fingerprint density at radius 2 is 1.88 bits per heavy atom. The van der Waals surface area contributed by atoms with Crippen LogP contribution in [0.1, 0.15) is 55.9 Å². The van der Waals surface area contributed by atoms with Crippen LogP contribution >= 0.6 is 0 Å². The zero-order valence-corrected chi connectivity index (χ0v) is 16.1. The van der Waals surface area contributed by atoms with Crippen molar-refractivity contribution in [2.45, 2.75) is 56.4 Å². The number of aryl methyl sites for hydroxylation is 1. The minimum absolute atomic E-state index is 0.0784. The van der Waals surface area contributed by atoms with E-state index in [1.165, 1.54) is 29.7 Å².